The molecular formula is C10H18O3. The summed E-state index contributed by atoms with van der Waals surface area (Å²) < 4.78 is 10.1. The number of carbonyl (C=O) groups excluding carboxylic acids is 1. The summed E-state index contributed by atoms with van der Waals surface area (Å²) in [5, 5.41) is 0. The van der Waals surface area contributed by atoms with Crippen molar-refractivity contribution in [1.29, 1.82) is 0 Å². The number of carbonyl (C=O) groups is 1. The molecule has 1 aliphatic rings. The lowest BCUT2D eigenvalue weighted by atomic mass is 9.94. The highest BCUT2D eigenvalue weighted by Crippen LogP contribution is 2.45. The van der Waals surface area contributed by atoms with Crippen LogP contribution in [0.15, 0.2) is 0 Å². The molecular weight excluding hydrogens is 168 g/mol. The fourth-order valence-electron chi connectivity index (χ4n) is 1.92. The topological polar surface area (TPSA) is 38.8 Å². The lowest BCUT2D eigenvalue weighted by Crippen LogP contribution is -2.21. The van der Waals surface area contributed by atoms with Crippen molar-refractivity contribution in [3.63, 3.8) is 0 Å². The summed E-state index contributed by atoms with van der Waals surface area (Å²) in [6, 6.07) is 0. The van der Waals surface area contributed by atoms with Gasteiger partial charge in [-0.3, -0.25) is 0 Å². The molecule has 0 radical (unpaired) electrons. The number of epoxide rings is 1. The Bertz CT molecular complexity index is 183. The summed E-state index contributed by atoms with van der Waals surface area (Å²) in [6.45, 7) is 4.21. The number of methoxy groups -OCH3 is 1. The molecule has 0 aliphatic carbocycles. The minimum absolute atomic E-state index is 0.184. The summed E-state index contributed by atoms with van der Waals surface area (Å²) in [5.41, 5.74) is -0.184. The number of ether oxygens (including phenoxy) is 2. The fourth-order valence-corrected chi connectivity index (χ4v) is 1.92. The van der Waals surface area contributed by atoms with Crippen LogP contribution in [0.25, 0.3) is 0 Å². The van der Waals surface area contributed by atoms with Crippen LogP contribution in [0.5, 0.6) is 0 Å². The van der Waals surface area contributed by atoms with Gasteiger partial charge >= 0.3 is 5.97 Å². The Hall–Kier alpha value is -0.570. The summed E-state index contributed by atoms with van der Waals surface area (Å²) >= 11 is 0. The number of esters is 1. The molecule has 0 aromatic carbocycles. The van der Waals surface area contributed by atoms with Crippen LogP contribution in [0, 0.1) is 0 Å². The van der Waals surface area contributed by atoms with Crippen LogP contribution in [-0.2, 0) is 14.3 Å². The first-order valence-corrected chi connectivity index (χ1v) is 4.95. The first kappa shape index (κ1) is 10.5. The summed E-state index contributed by atoms with van der Waals surface area (Å²) in [4.78, 5) is 11.2. The van der Waals surface area contributed by atoms with Crippen molar-refractivity contribution in [1.82, 2.24) is 0 Å². The molecule has 0 spiro atoms. The van der Waals surface area contributed by atoms with Gasteiger partial charge in [0.25, 0.3) is 0 Å². The monoisotopic (exact) mass is 186 g/mol. The Morgan fingerprint density at radius 3 is 2.31 bits per heavy atom. The average molecular weight is 186 g/mol. The molecule has 0 saturated carbocycles. The molecule has 3 heteroatoms. The van der Waals surface area contributed by atoms with E-state index in [2.05, 4.69) is 18.6 Å². The van der Waals surface area contributed by atoms with E-state index in [0.29, 0.717) is 0 Å². The second-order valence-corrected chi connectivity index (χ2v) is 3.59. The van der Waals surface area contributed by atoms with Crippen molar-refractivity contribution in [2.24, 2.45) is 0 Å². The molecule has 1 fully saturated rings. The van der Waals surface area contributed by atoms with Crippen molar-refractivity contribution in [2.45, 2.75) is 51.2 Å². The molecule has 0 aromatic rings. The Kier molecular flexibility index (Phi) is 3.31. The highest BCUT2D eigenvalue weighted by molar-refractivity contribution is 5.79. The van der Waals surface area contributed by atoms with Gasteiger partial charge in [-0.05, 0) is 12.8 Å². The van der Waals surface area contributed by atoms with E-state index < -0.39 is 0 Å². The molecule has 76 valence electrons. The maximum Gasteiger partial charge on any atom is 0.338 e. The molecule has 13 heavy (non-hydrogen) atoms. The van der Waals surface area contributed by atoms with E-state index in [9.17, 15) is 4.79 Å². The van der Waals surface area contributed by atoms with Gasteiger partial charge in [0.1, 0.15) is 5.60 Å². The fraction of sp³-hybridized carbons (Fsp3) is 0.900. The number of hydrogen-bond acceptors (Lipinski definition) is 3. The van der Waals surface area contributed by atoms with Gasteiger partial charge in [0, 0.05) is 0 Å². The molecule has 0 bridgehead atoms. The molecule has 0 amide bonds. The van der Waals surface area contributed by atoms with Gasteiger partial charge in [-0.15, -0.1) is 0 Å². The van der Waals surface area contributed by atoms with Crippen molar-refractivity contribution in [3.8, 4) is 0 Å². The second kappa shape index (κ2) is 4.09. The zero-order valence-electron chi connectivity index (χ0n) is 8.63. The number of hydrogen-bond donors (Lipinski definition) is 0. The van der Waals surface area contributed by atoms with E-state index in [4.69, 9.17) is 4.74 Å². The van der Waals surface area contributed by atoms with E-state index in [1.165, 1.54) is 7.11 Å². The molecule has 1 saturated heterocycles. The lowest BCUT2D eigenvalue weighted by Gasteiger charge is -2.08. The smallest absolute Gasteiger partial charge is 0.338 e. The van der Waals surface area contributed by atoms with E-state index in [-0.39, 0.29) is 17.7 Å². The van der Waals surface area contributed by atoms with Crippen molar-refractivity contribution < 1.29 is 14.3 Å². The molecule has 1 heterocycles. The number of rotatable bonds is 5. The van der Waals surface area contributed by atoms with E-state index in [0.717, 1.165) is 25.7 Å². The first-order valence-electron chi connectivity index (χ1n) is 4.95. The van der Waals surface area contributed by atoms with E-state index in [1.807, 2.05) is 0 Å². The maximum atomic E-state index is 11.2. The molecule has 0 aromatic heterocycles. The third-order valence-corrected chi connectivity index (χ3v) is 2.53. The third-order valence-electron chi connectivity index (χ3n) is 2.53. The Morgan fingerprint density at radius 1 is 1.38 bits per heavy atom. The third kappa shape index (κ3) is 2.02. The van der Waals surface area contributed by atoms with Crippen LogP contribution < -0.4 is 0 Å². The van der Waals surface area contributed by atoms with Gasteiger partial charge in [0.05, 0.1) is 7.11 Å². The van der Waals surface area contributed by atoms with Crippen molar-refractivity contribution in [3.05, 3.63) is 0 Å². The van der Waals surface area contributed by atoms with Crippen LogP contribution in [0.3, 0.4) is 0 Å². The van der Waals surface area contributed by atoms with Crippen LogP contribution >= 0.6 is 0 Å². The SMILES string of the molecule is CCCC1(CCC)OC1C(=O)OC. The summed E-state index contributed by atoms with van der Waals surface area (Å²) in [6.07, 6.45) is 3.72. The van der Waals surface area contributed by atoms with Gasteiger partial charge in [-0.25, -0.2) is 4.79 Å². The van der Waals surface area contributed by atoms with Gasteiger partial charge in [-0.2, -0.15) is 0 Å². The predicted octanol–water partition coefficient (Wildman–Crippen LogP) is 1.90. The predicted molar refractivity (Wildman–Crippen MR) is 49.4 cm³/mol. The minimum Gasteiger partial charge on any atom is -0.467 e. The minimum atomic E-state index is -0.294. The van der Waals surface area contributed by atoms with Gasteiger partial charge in [0.2, 0.25) is 0 Å². The van der Waals surface area contributed by atoms with Crippen molar-refractivity contribution >= 4 is 5.97 Å². The molecule has 3 nitrogen and oxygen atoms in total. The van der Waals surface area contributed by atoms with E-state index in [1.54, 1.807) is 0 Å². The molecule has 1 atom stereocenters. The van der Waals surface area contributed by atoms with Crippen molar-refractivity contribution in [2.75, 3.05) is 7.11 Å². The Labute approximate surface area is 79.4 Å². The Morgan fingerprint density at radius 2 is 1.92 bits per heavy atom. The molecule has 1 rings (SSSR count). The zero-order valence-corrected chi connectivity index (χ0v) is 8.63. The molecule has 1 aliphatic heterocycles. The summed E-state index contributed by atoms with van der Waals surface area (Å²) in [5.74, 6) is -0.220. The maximum absolute atomic E-state index is 11.2. The highest BCUT2D eigenvalue weighted by Gasteiger charge is 2.59. The van der Waals surface area contributed by atoms with Crippen LogP contribution in [0.2, 0.25) is 0 Å². The van der Waals surface area contributed by atoms with Gasteiger partial charge < -0.3 is 9.47 Å². The van der Waals surface area contributed by atoms with Crippen LogP contribution in [0.4, 0.5) is 0 Å². The van der Waals surface area contributed by atoms with E-state index >= 15 is 0 Å². The zero-order chi connectivity index (χ0) is 9.90. The normalized spacial score (nSPS) is 24.1. The van der Waals surface area contributed by atoms with Crippen LogP contribution in [-0.4, -0.2) is 24.8 Å². The first-order chi connectivity index (χ1) is 6.20. The average Bonchev–Trinajstić information content (AvgIpc) is 2.80. The standard InChI is InChI=1S/C10H18O3/c1-4-6-10(7-5-2)8(13-10)9(11)12-3/h8H,4-7H2,1-3H3. The second-order valence-electron chi connectivity index (χ2n) is 3.59. The van der Waals surface area contributed by atoms with Gasteiger partial charge in [0.15, 0.2) is 6.10 Å². The lowest BCUT2D eigenvalue weighted by molar-refractivity contribution is -0.142. The molecule has 1 unspecified atom stereocenters. The Balaban J connectivity index is 2.50. The summed E-state index contributed by atoms with van der Waals surface area (Å²) in [7, 11) is 1.41. The highest BCUT2D eigenvalue weighted by atomic mass is 16.7. The van der Waals surface area contributed by atoms with Gasteiger partial charge in [-0.1, -0.05) is 26.7 Å². The quantitative estimate of drug-likeness (QED) is 0.486. The largest absolute Gasteiger partial charge is 0.467 e. The van der Waals surface area contributed by atoms with Crippen LogP contribution in [0.1, 0.15) is 39.5 Å². The molecule has 0 N–H and O–H groups in total.